The molecule has 3 unspecified atom stereocenters. The number of thioether (sulfide) groups is 1. The lowest BCUT2D eigenvalue weighted by molar-refractivity contribution is -0.128. The summed E-state index contributed by atoms with van der Waals surface area (Å²) in [6, 6.07) is 12.0. The van der Waals surface area contributed by atoms with Crippen LogP contribution < -0.4 is 25.6 Å². The quantitative estimate of drug-likeness (QED) is 0.470. The van der Waals surface area contributed by atoms with Crippen molar-refractivity contribution in [3.8, 4) is 11.6 Å². The molecule has 0 radical (unpaired) electrons. The molecule has 12 heteroatoms. The van der Waals surface area contributed by atoms with Crippen LogP contribution in [0.4, 0.5) is 10.6 Å². The van der Waals surface area contributed by atoms with E-state index in [2.05, 4.69) is 32.7 Å². The lowest BCUT2D eigenvalue weighted by atomic mass is 9.86. The van der Waals surface area contributed by atoms with Crippen LogP contribution in [-0.2, 0) is 9.59 Å². The number of piperidine rings is 2. The average Bonchev–Trinajstić information content (AvgIpc) is 3.33. The molecule has 4 amide bonds. The van der Waals surface area contributed by atoms with Gasteiger partial charge in [-0.2, -0.15) is 0 Å². The third-order valence-corrected chi connectivity index (χ3v) is 8.78. The van der Waals surface area contributed by atoms with Gasteiger partial charge in [0.05, 0.1) is 16.3 Å². The maximum atomic E-state index is 13.4. The molecule has 4 aliphatic heterocycles. The minimum absolute atomic E-state index is 0.0542. The number of ether oxygens (including phenoxy) is 1. The van der Waals surface area contributed by atoms with Crippen molar-refractivity contribution in [1.29, 1.82) is 0 Å². The van der Waals surface area contributed by atoms with Crippen molar-refractivity contribution in [2.24, 2.45) is 5.92 Å². The molecule has 4 aliphatic rings. The van der Waals surface area contributed by atoms with Crippen molar-refractivity contribution >= 4 is 35.4 Å². The van der Waals surface area contributed by atoms with Crippen molar-refractivity contribution in [3.63, 3.8) is 0 Å². The molecule has 0 spiro atoms. The summed E-state index contributed by atoms with van der Waals surface area (Å²) in [7, 11) is 0. The zero-order valence-electron chi connectivity index (χ0n) is 21.2. The molecule has 3 N–H and O–H groups in total. The van der Waals surface area contributed by atoms with Crippen LogP contribution in [0.5, 0.6) is 11.6 Å². The highest BCUT2D eigenvalue weighted by atomic mass is 32.2. The Bertz CT molecular complexity index is 1320. The molecule has 1 aromatic heterocycles. The Morgan fingerprint density at radius 1 is 1.15 bits per heavy atom. The van der Waals surface area contributed by atoms with Crippen LogP contribution in [0.25, 0.3) is 0 Å². The van der Waals surface area contributed by atoms with E-state index in [0.29, 0.717) is 54.1 Å². The Hall–Kier alpha value is -3.90. The van der Waals surface area contributed by atoms with Gasteiger partial charge in [-0.1, -0.05) is 36.5 Å². The SMILES string of the molecule is C=CC(=O)N1CCC[C@@H](NC(=O)C2=C3NC(=O)N(c4ccc(Oc5ccccc5)nn4)C4CCNC(S2)C34)C1. The number of aromatic nitrogens is 2. The van der Waals surface area contributed by atoms with Gasteiger partial charge in [0.2, 0.25) is 11.8 Å². The predicted molar refractivity (Wildman–Crippen MR) is 146 cm³/mol. The fourth-order valence-electron chi connectivity index (χ4n) is 5.67. The maximum Gasteiger partial charge on any atom is 0.327 e. The predicted octanol–water partition coefficient (Wildman–Crippen LogP) is 2.35. The van der Waals surface area contributed by atoms with Gasteiger partial charge in [-0.25, -0.2) is 4.79 Å². The zero-order chi connectivity index (χ0) is 26.9. The monoisotopic (exact) mass is 547 g/mol. The molecular weight excluding hydrogens is 518 g/mol. The van der Waals surface area contributed by atoms with Crippen molar-refractivity contribution < 1.29 is 19.1 Å². The van der Waals surface area contributed by atoms with Crippen molar-refractivity contribution in [3.05, 3.63) is 65.7 Å². The van der Waals surface area contributed by atoms with Gasteiger partial charge in [0.25, 0.3) is 5.91 Å². The summed E-state index contributed by atoms with van der Waals surface area (Å²) in [4.78, 5) is 42.7. The second kappa shape index (κ2) is 10.7. The topological polar surface area (TPSA) is 129 Å². The van der Waals surface area contributed by atoms with Gasteiger partial charge in [-0.05, 0) is 50.1 Å². The number of nitrogens with zero attached hydrogens (tertiary/aromatic N) is 4. The summed E-state index contributed by atoms with van der Waals surface area (Å²) in [5.74, 6) is 0.945. The largest absolute Gasteiger partial charge is 0.438 e. The van der Waals surface area contributed by atoms with Gasteiger partial charge in [0, 0.05) is 36.8 Å². The van der Waals surface area contributed by atoms with E-state index in [1.54, 1.807) is 21.9 Å². The maximum absolute atomic E-state index is 13.4. The Kier molecular flexibility index (Phi) is 6.96. The summed E-state index contributed by atoms with van der Waals surface area (Å²) < 4.78 is 5.74. The third kappa shape index (κ3) is 4.97. The highest BCUT2D eigenvalue weighted by Gasteiger charge is 2.52. The van der Waals surface area contributed by atoms with E-state index < -0.39 is 0 Å². The summed E-state index contributed by atoms with van der Waals surface area (Å²) in [6.07, 6.45) is 3.60. The third-order valence-electron chi connectivity index (χ3n) is 7.43. The molecule has 0 bridgehead atoms. The number of amides is 4. The molecule has 6 rings (SSSR count). The average molecular weight is 548 g/mol. The fourth-order valence-corrected chi connectivity index (χ4v) is 7.07. The van der Waals surface area contributed by atoms with Gasteiger partial charge in [-0.3, -0.25) is 14.5 Å². The molecule has 3 fully saturated rings. The first-order valence-electron chi connectivity index (χ1n) is 13.0. The van der Waals surface area contributed by atoms with Crippen molar-refractivity contribution in [2.45, 2.75) is 36.7 Å². The molecule has 0 saturated carbocycles. The minimum Gasteiger partial charge on any atom is -0.438 e. The molecule has 2 aromatic rings. The van der Waals surface area contributed by atoms with E-state index >= 15 is 0 Å². The second-order valence-electron chi connectivity index (χ2n) is 9.86. The highest BCUT2D eigenvalue weighted by molar-refractivity contribution is 8.04. The van der Waals surface area contributed by atoms with Crippen LogP contribution in [0.1, 0.15) is 19.3 Å². The highest BCUT2D eigenvalue weighted by Crippen LogP contribution is 2.47. The van der Waals surface area contributed by atoms with Crippen LogP contribution in [0.3, 0.4) is 0 Å². The summed E-state index contributed by atoms with van der Waals surface area (Å²) in [5, 5.41) is 18.0. The lowest BCUT2D eigenvalue weighted by Gasteiger charge is -2.45. The Morgan fingerprint density at radius 3 is 2.77 bits per heavy atom. The number of para-hydroxylation sites is 1. The van der Waals surface area contributed by atoms with E-state index in [9.17, 15) is 14.4 Å². The van der Waals surface area contributed by atoms with Gasteiger partial charge in [0.1, 0.15) is 5.75 Å². The van der Waals surface area contributed by atoms with E-state index in [-0.39, 0.29) is 41.2 Å². The number of rotatable bonds is 6. The van der Waals surface area contributed by atoms with E-state index in [1.807, 2.05) is 30.3 Å². The smallest absolute Gasteiger partial charge is 0.327 e. The van der Waals surface area contributed by atoms with Gasteiger partial charge in [0.15, 0.2) is 5.82 Å². The van der Waals surface area contributed by atoms with Crippen LogP contribution in [0.15, 0.2) is 65.7 Å². The molecule has 39 heavy (non-hydrogen) atoms. The molecular formula is C27H29N7O4S. The first-order valence-corrected chi connectivity index (χ1v) is 13.9. The Labute approximate surface area is 230 Å². The lowest BCUT2D eigenvalue weighted by Crippen LogP contribution is -2.62. The molecule has 11 nitrogen and oxygen atoms in total. The standard InChI is InChI=1S/C27H29N7O4S/c1-2-21(35)33-14-6-7-16(15-33)29-25(36)24-23-22-18(12-13-28-26(22)39-24)34(27(37)30-23)19-10-11-20(32-31-19)38-17-8-4-3-5-9-17/h2-5,8-11,16,18,22,26,28H,1,6-7,12-15H2,(H,29,36)(H,30,37)/t16-,18?,22?,26?/m1/s1. The molecule has 4 atom stereocenters. The van der Waals surface area contributed by atoms with Gasteiger partial charge < -0.3 is 25.6 Å². The first kappa shape index (κ1) is 25.4. The molecule has 202 valence electrons. The normalized spacial score (nSPS) is 26.0. The number of likely N-dealkylation sites (tertiary alicyclic amines) is 1. The molecule has 5 heterocycles. The van der Waals surface area contributed by atoms with E-state index in [1.165, 1.54) is 17.8 Å². The number of carbonyl (C=O) groups is 3. The van der Waals surface area contributed by atoms with Gasteiger partial charge in [-0.15, -0.1) is 10.2 Å². The Morgan fingerprint density at radius 2 is 2.00 bits per heavy atom. The molecule has 1 aromatic carbocycles. The van der Waals surface area contributed by atoms with Crippen LogP contribution >= 0.6 is 11.8 Å². The molecule has 0 aliphatic carbocycles. The van der Waals surface area contributed by atoms with Crippen LogP contribution in [0, 0.1) is 5.92 Å². The fraction of sp³-hybridized carbons (Fsp3) is 0.370. The van der Waals surface area contributed by atoms with E-state index in [4.69, 9.17) is 4.74 Å². The van der Waals surface area contributed by atoms with Crippen LogP contribution in [-0.4, -0.2) is 70.0 Å². The minimum atomic E-state index is -0.342. The number of benzene rings is 1. The number of carbonyl (C=O) groups excluding carboxylic acids is 3. The summed E-state index contributed by atoms with van der Waals surface area (Å²) in [5.41, 5.74) is 0.646. The number of hydrogen-bond donors (Lipinski definition) is 3. The van der Waals surface area contributed by atoms with Gasteiger partial charge >= 0.3 is 6.03 Å². The number of anilines is 1. The molecule has 3 saturated heterocycles. The second-order valence-corrected chi connectivity index (χ2v) is 11.0. The number of nitrogens with one attached hydrogen (secondary N) is 3. The number of hydrogen-bond acceptors (Lipinski definition) is 8. The zero-order valence-corrected chi connectivity index (χ0v) is 22.0. The van der Waals surface area contributed by atoms with Crippen molar-refractivity contribution in [2.75, 3.05) is 24.5 Å². The van der Waals surface area contributed by atoms with Crippen molar-refractivity contribution in [1.82, 2.24) is 31.0 Å². The Balaban J connectivity index is 1.19. The summed E-state index contributed by atoms with van der Waals surface area (Å²) in [6.45, 7) is 5.37. The van der Waals surface area contributed by atoms with E-state index in [0.717, 1.165) is 12.8 Å². The number of urea groups is 1. The summed E-state index contributed by atoms with van der Waals surface area (Å²) >= 11 is 1.44. The first-order chi connectivity index (χ1) is 19.0. The van der Waals surface area contributed by atoms with Crippen LogP contribution in [0.2, 0.25) is 0 Å².